The van der Waals surface area contributed by atoms with Gasteiger partial charge in [0.2, 0.25) is 13.6 Å². The van der Waals surface area contributed by atoms with Crippen LogP contribution in [-0.2, 0) is 6.54 Å². The third-order valence-electron chi connectivity index (χ3n) is 5.90. The maximum absolute atomic E-state index is 5.81. The Hall–Kier alpha value is -3.32. The molecule has 3 aliphatic rings. The molecule has 7 heteroatoms. The zero-order valence-corrected chi connectivity index (χ0v) is 16.4. The van der Waals surface area contributed by atoms with Crippen LogP contribution in [0.3, 0.4) is 0 Å². The molecule has 1 atom stereocenters. The monoisotopic (exact) mass is 394 g/mol. The lowest BCUT2D eigenvalue weighted by atomic mass is 9.88. The van der Waals surface area contributed by atoms with Gasteiger partial charge in [0.05, 0.1) is 37.8 Å². The zero-order valence-electron chi connectivity index (χ0n) is 16.4. The molecule has 0 spiro atoms. The van der Waals surface area contributed by atoms with E-state index < -0.39 is 0 Å². The minimum absolute atomic E-state index is 0.228. The molecule has 0 radical (unpaired) electrons. The summed E-state index contributed by atoms with van der Waals surface area (Å²) in [6, 6.07) is 8.03. The highest BCUT2D eigenvalue weighted by Gasteiger charge is 2.36. The van der Waals surface area contributed by atoms with E-state index >= 15 is 0 Å². The second-order valence-corrected chi connectivity index (χ2v) is 7.38. The molecule has 1 unspecified atom stereocenters. The highest BCUT2D eigenvalue weighted by molar-refractivity contribution is 6.05. The van der Waals surface area contributed by atoms with Crippen LogP contribution in [0.5, 0.6) is 34.5 Å². The minimum Gasteiger partial charge on any atom is -0.496 e. The fourth-order valence-corrected chi connectivity index (χ4v) is 4.67. The molecular formula is C22H20NO6+. The van der Waals surface area contributed by atoms with E-state index in [0.29, 0.717) is 0 Å². The number of fused-ring (bicyclic) bond motifs is 8. The molecule has 7 nitrogen and oxygen atoms in total. The Kier molecular flexibility index (Phi) is 3.35. The first-order chi connectivity index (χ1) is 14.2. The number of rotatable bonds is 2. The molecule has 1 N–H and O–H groups in total. The van der Waals surface area contributed by atoms with Crippen LogP contribution < -0.4 is 33.3 Å². The van der Waals surface area contributed by atoms with E-state index in [9.17, 15) is 0 Å². The third-order valence-corrected chi connectivity index (χ3v) is 5.90. The molecule has 6 rings (SSSR count). The summed E-state index contributed by atoms with van der Waals surface area (Å²) in [5.74, 6) is 4.57. The van der Waals surface area contributed by atoms with Gasteiger partial charge in [-0.15, -0.1) is 0 Å². The molecular weight excluding hydrogens is 374 g/mol. The molecule has 0 fully saturated rings. The van der Waals surface area contributed by atoms with Crippen molar-refractivity contribution in [3.8, 4) is 45.6 Å². The maximum atomic E-state index is 5.81. The van der Waals surface area contributed by atoms with Crippen molar-refractivity contribution in [3.05, 3.63) is 29.8 Å². The molecule has 3 aliphatic heterocycles. The highest BCUT2D eigenvalue weighted by atomic mass is 16.7. The molecule has 3 aromatic carbocycles. The standard InChI is InChI=1S/C22H19NO6/c1-23-8-14-20(18(25-3)7-19-22(14)29-10-28-19)13-6-15(24-2)11-4-16-17(27-9-26-16)5-12(11)21(13)23/h4-7H,8-10H2,1-3H3/p+1. The first kappa shape index (κ1) is 16.6. The van der Waals surface area contributed by atoms with E-state index in [2.05, 4.69) is 13.1 Å². The van der Waals surface area contributed by atoms with Crippen LogP contribution in [0, 0.1) is 0 Å². The Morgan fingerprint density at radius 3 is 2.24 bits per heavy atom. The van der Waals surface area contributed by atoms with Crippen molar-refractivity contribution in [1.82, 2.24) is 0 Å². The van der Waals surface area contributed by atoms with E-state index in [-0.39, 0.29) is 13.6 Å². The number of hydrogen-bond acceptors (Lipinski definition) is 6. The topological polar surface area (TPSA) is 59.8 Å². The van der Waals surface area contributed by atoms with Gasteiger partial charge in [-0.3, -0.25) is 4.90 Å². The number of hydrogen-bond donors (Lipinski definition) is 1. The lowest BCUT2D eigenvalue weighted by Gasteiger charge is -2.28. The average molecular weight is 394 g/mol. The molecule has 0 saturated heterocycles. The van der Waals surface area contributed by atoms with Crippen molar-refractivity contribution in [2.24, 2.45) is 0 Å². The fourth-order valence-electron chi connectivity index (χ4n) is 4.67. The normalized spacial score (nSPS) is 17.8. The maximum Gasteiger partial charge on any atom is 0.231 e. The summed E-state index contributed by atoms with van der Waals surface area (Å²) in [4.78, 5) is 1.24. The fraction of sp³-hybridized carbons (Fsp3) is 0.273. The van der Waals surface area contributed by atoms with Crippen molar-refractivity contribution >= 4 is 16.5 Å². The summed E-state index contributed by atoms with van der Waals surface area (Å²) in [6.07, 6.45) is 0. The molecule has 3 heterocycles. The van der Waals surface area contributed by atoms with Crippen molar-refractivity contribution < 1.29 is 33.3 Å². The predicted molar refractivity (Wildman–Crippen MR) is 105 cm³/mol. The SMILES string of the molecule is COc1cc2c(c3c1-c1cc(OC)c4cc5c(cc4c1[NH+](C)C3)OCO5)OCO2. The number of benzene rings is 3. The molecule has 148 valence electrons. The second-order valence-electron chi connectivity index (χ2n) is 7.38. The molecule has 0 aromatic heterocycles. The van der Waals surface area contributed by atoms with Crippen LogP contribution in [0.4, 0.5) is 5.69 Å². The van der Waals surface area contributed by atoms with Crippen LogP contribution in [0.15, 0.2) is 24.3 Å². The third kappa shape index (κ3) is 2.16. The lowest BCUT2D eigenvalue weighted by molar-refractivity contribution is -0.824. The van der Waals surface area contributed by atoms with Gasteiger partial charge >= 0.3 is 0 Å². The molecule has 0 amide bonds. The van der Waals surface area contributed by atoms with Crippen molar-refractivity contribution in [2.45, 2.75) is 6.54 Å². The molecule has 0 saturated carbocycles. The Labute approximate surface area is 167 Å². The second kappa shape index (κ2) is 5.84. The largest absolute Gasteiger partial charge is 0.496 e. The van der Waals surface area contributed by atoms with E-state index in [0.717, 1.165) is 68.5 Å². The summed E-state index contributed by atoms with van der Waals surface area (Å²) < 4.78 is 34.2. The van der Waals surface area contributed by atoms with Gasteiger partial charge in [-0.1, -0.05) is 0 Å². The number of nitrogens with one attached hydrogen (secondary N) is 1. The lowest BCUT2D eigenvalue weighted by Crippen LogP contribution is -3.03. The Morgan fingerprint density at radius 1 is 0.793 bits per heavy atom. The average Bonchev–Trinajstić information content (AvgIpc) is 3.39. The van der Waals surface area contributed by atoms with Gasteiger partial charge in [0.25, 0.3) is 0 Å². The number of methoxy groups -OCH3 is 2. The van der Waals surface area contributed by atoms with Crippen LogP contribution in [0.25, 0.3) is 21.9 Å². The Balaban J connectivity index is 1.73. The van der Waals surface area contributed by atoms with Crippen molar-refractivity contribution in [2.75, 3.05) is 34.9 Å². The molecule has 0 bridgehead atoms. The molecule has 0 aliphatic carbocycles. The summed E-state index contributed by atoms with van der Waals surface area (Å²) in [7, 11) is 5.52. The van der Waals surface area contributed by atoms with Crippen LogP contribution in [-0.4, -0.2) is 34.9 Å². The van der Waals surface area contributed by atoms with E-state index in [1.807, 2.05) is 18.2 Å². The van der Waals surface area contributed by atoms with Gasteiger partial charge in [-0.25, -0.2) is 0 Å². The number of ether oxygens (including phenoxy) is 6. The summed E-state index contributed by atoms with van der Waals surface area (Å²) in [5, 5.41) is 2.07. The summed E-state index contributed by atoms with van der Waals surface area (Å²) >= 11 is 0. The Morgan fingerprint density at radius 2 is 1.48 bits per heavy atom. The molecule has 29 heavy (non-hydrogen) atoms. The van der Waals surface area contributed by atoms with E-state index in [1.54, 1.807) is 14.2 Å². The van der Waals surface area contributed by atoms with Crippen LogP contribution >= 0.6 is 0 Å². The van der Waals surface area contributed by atoms with Gasteiger partial charge in [0.15, 0.2) is 23.0 Å². The van der Waals surface area contributed by atoms with Gasteiger partial charge < -0.3 is 28.4 Å². The van der Waals surface area contributed by atoms with Crippen LogP contribution in [0.1, 0.15) is 5.56 Å². The first-order valence-corrected chi connectivity index (χ1v) is 9.46. The van der Waals surface area contributed by atoms with Gasteiger partial charge in [-0.05, 0) is 18.2 Å². The van der Waals surface area contributed by atoms with Gasteiger partial charge in [-0.2, -0.15) is 0 Å². The smallest absolute Gasteiger partial charge is 0.231 e. The predicted octanol–water partition coefficient (Wildman–Crippen LogP) is 2.64. The highest BCUT2D eigenvalue weighted by Crippen LogP contribution is 2.52. The van der Waals surface area contributed by atoms with Crippen molar-refractivity contribution in [1.29, 1.82) is 0 Å². The summed E-state index contributed by atoms with van der Waals surface area (Å²) in [6.45, 7) is 1.21. The number of quaternary nitrogens is 1. The Bertz CT molecular complexity index is 1190. The first-order valence-electron chi connectivity index (χ1n) is 9.46. The van der Waals surface area contributed by atoms with E-state index in [4.69, 9.17) is 28.4 Å². The minimum atomic E-state index is 0.228. The van der Waals surface area contributed by atoms with Gasteiger partial charge in [0.1, 0.15) is 23.7 Å². The zero-order chi connectivity index (χ0) is 19.7. The molecule has 3 aromatic rings. The van der Waals surface area contributed by atoms with Crippen LogP contribution in [0.2, 0.25) is 0 Å². The van der Waals surface area contributed by atoms with Crippen molar-refractivity contribution in [3.63, 3.8) is 0 Å². The van der Waals surface area contributed by atoms with Gasteiger partial charge in [0, 0.05) is 17.0 Å². The van der Waals surface area contributed by atoms with E-state index in [1.165, 1.54) is 10.6 Å². The summed E-state index contributed by atoms with van der Waals surface area (Å²) in [5.41, 5.74) is 4.34. The quantitative estimate of drug-likeness (QED) is 0.721.